The van der Waals surface area contributed by atoms with Crippen molar-refractivity contribution in [3.05, 3.63) is 36.0 Å². The molecule has 18 heavy (non-hydrogen) atoms. The fraction of sp³-hybridized carbons (Fsp3) is 0.400. The molecule has 2 aromatic rings. The van der Waals surface area contributed by atoms with Gasteiger partial charge in [-0.15, -0.1) is 0 Å². The van der Waals surface area contributed by atoms with Crippen molar-refractivity contribution in [1.29, 1.82) is 5.26 Å². The van der Waals surface area contributed by atoms with Gasteiger partial charge >= 0.3 is 0 Å². The van der Waals surface area contributed by atoms with Crippen molar-refractivity contribution in [1.82, 2.24) is 9.88 Å². The van der Waals surface area contributed by atoms with E-state index in [1.165, 1.54) is 16.5 Å². The standard InChI is InChI=1S/C15H19N3/c1-15(2,10-16)11-18(3)9-12-8-17-14-7-5-4-6-13(12)14/h4-8,17H,9,11H2,1-3H3. The number of H-pyrrole nitrogens is 1. The third-order valence-corrected chi connectivity index (χ3v) is 3.08. The van der Waals surface area contributed by atoms with Crippen LogP contribution in [-0.4, -0.2) is 23.5 Å². The summed E-state index contributed by atoms with van der Waals surface area (Å²) in [7, 11) is 2.06. The summed E-state index contributed by atoms with van der Waals surface area (Å²) in [6.45, 7) is 5.57. The monoisotopic (exact) mass is 241 g/mol. The Morgan fingerprint density at radius 3 is 2.78 bits per heavy atom. The maximum atomic E-state index is 9.06. The zero-order valence-corrected chi connectivity index (χ0v) is 11.2. The third-order valence-electron chi connectivity index (χ3n) is 3.08. The van der Waals surface area contributed by atoms with Crippen molar-refractivity contribution < 1.29 is 0 Å². The highest BCUT2D eigenvalue weighted by atomic mass is 15.1. The van der Waals surface area contributed by atoms with Gasteiger partial charge in [0.25, 0.3) is 0 Å². The molecule has 1 N–H and O–H groups in total. The van der Waals surface area contributed by atoms with E-state index in [9.17, 15) is 0 Å². The summed E-state index contributed by atoms with van der Waals surface area (Å²) in [5, 5.41) is 10.3. The molecule has 1 aromatic heterocycles. The Morgan fingerprint density at radius 2 is 2.06 bits per heavy atom. The van der Waals surface area contributed by atoms with Gasteiger partial charge in [0.15, 0.2) is 0 Å². The second-order valence-electron chi connectivity index (χ2n) is 5.53. The van der Waals surface area contributed by atoms with E-state index in [2.05, 4.69) is 47.4 Å². The van der Waals surface area contributed by atoms with Crippen LogP contribution in [0, 0.1) is 16.7 Å². The molecule has 0 aliphatic carbocycles. The van der Waals surface area contributed by atoms with Crippen molar-refractivity contribution in [3.8, 4) is 6.07 Å². The van der Waals surface area contributed by atoms with Crippen molar-refractivity contribution in [2.24, 2.45) is 5.41 Å². The number of hydrogen-bond acceptors (Lipinski definition) is 2. The number of benzene rings is 1. The van der Waals surface area contributed by atoms with E-state index in [-0.39, 0.29) is 5.41 Å². The van der Waals surface area contributed by atoms with Gasteiger partial charge in [0.1, 0.15) is 0 Å². The van der Waals surface area contributed by atoms with E-state index in [0.717, 1.165) is 13.1 Å². The van der Waals surface area contributed by atoms with Crippen LogP contribution in [-0.2, 0) is 6.54 Å². The first-order valence-corrected chi connectivity index (χ1v) is 6.17. The lowest BCUT2D eigenvalue weighted by molar-refractivity contribution is 0.249. The van der Waals surface area contributed by atoms with Crippen molar-refractivity contribution in [2.45, 2.75) is 20.4 Å². The number of hydrogen-bond donors (Lipinski definition) is 1. The van der Waals surface area contributed by atoms with Gasteiger partial charge in [-0.2, -0.15) is 5.26 Å². The third kappa shape index (κ3) is 2.72. The minimum atomic E-state index is -0.305. The molecule has 0 spiro atoms. The summed E-state index contributed by atoms with van der Waals surface area (Å²) in [5.74, 6) is 0. The lowest BCUT2D eigenvalue weighted by Gasteiger charge is -2.24. The molecule has 0 atom stereocenters. The van der Waals surface area contributed by atoms with Gasteiger partial charge in [-0.1, -0.05) is 18.2 Å². The second-order valence-corrected chi connectivity index (χ2v) is 5.53. The Hall–Kier alpha value is -1.79. The highest BCUT2D eigenvalue weighted by Crippen LogP contribution is 2.21. The number of nitrogens with one attached hydrogen (secondary N) is 1. The first-order chi connectivity index (χ1) is 8.52. The molecule has 0 fully saturated rings. The second kappa shape index (κ2) is 4.83. The van der Waals surface area contributed by atoms with Gasteiger partial charge in [0, 0.05) is 30.2 Å². The molecule has 2 rings (SSSR count). The summed E-state index contributed by atoms with van der Waals surface area (Å²) < 4.78 is 0. The fourth-order valence-corrected chi connectivity index (χ4v) is 2.32. The zero-order valence-electron chi connectivity index (χ0n) is 11.2. The van der Waals surface area contributed by atoms with Gasteiger partial charge in [0.05, 0.1) is 11.5 Å². The van der Waals surface area contributed by atoms with Gasteiger partial charge in [-0.25, -0.2) is 0 Å². The number of para-hydroxylation sites is 1. The SMILES string of the molecule is CN(Cc1c[nH]c2ccccc12)CC(C)(C)C#N. The molecule has 0 saturated carbocycles. The highest BCUT2D eigenvalue weighted by Gasteiger charge is 2.19. The van der Waals surface area contributed by atoms with Crippen LogP contribution in [0.3, 0.4) is 0 Å². The Bertz CT molecular complexity index is 575. The summed E-state index contributed by atoms with van der Waals surface area (Å²) in [6, 6.07) is 10.6. The molecule has 3 heteroatoms. The number of aromatic amines is 1. The zero-order chi connectivity index (χ0) is 13.2. The Kier molecular flexibility index (Phi) is 3.40. The smallest absolute Gasteiger partial charge is 0.0697 e. The molecule has 94 valence electrons. The number of nitrogens with zero attached hydrogens (tertiary/aromatic N) is 2. The number of fused-ring (bicyclic) bond motifs is 1. The number of nitriles is 1. The summed E-state index contributed by atoms with van der Waals surface area (Å²) in [4.78, 5) is 5.47. The predicted molar refractivity (Wildman–Crippen MR) is 74.0 cm³/mol. The lowest BCUT2D eigenvalue weighted by atomic mass is 9.95. The minimum absolute atomic E-state index is 0.305. The molecular weight excluding hydrogens is 222 g/mol. The summed E-state index contributed by atoms with van der Waals surface area (Å²) in [5.41, 5.74) is 2.14. The summed E-state index contributed by atoms with van der Waals surface area (Å²) in [6.07, 6.45) is 2.06. The van der Waals surface area contributed by atoms with Crippen LogP contribution in [0.5, 0.6) is 0 Å². The lowest BCUT2D eigenvalue weighted by Crippen LogP contribution is -2.29. The molecule has 0 radical (unpaired) electrons. The van der Waals surface area contributed by atoms with E-state index in [4.69, 9.17) is 5.26 Å². The predicted octanol–water partition coefficient (Wildman–Crippen LogP) is 3.15. The Labute approximate surface area is 108 Å². The van der Waals surface area contributed by atoms with Gasteiger partial charge in [0.2, 0.25) is 0 Å². The number of rotatable bonds is 4. The molecule has 0 aliphatic rings. The van der Waals surface area contributed by atoms with Crippen molar-refractivity contribution >= 4 is 10.9 Å². The molecule has 0 saturated heterocycles. The summed E-state index contributed by atoms with van der Waals surface area (Å²) >= 11 is 0. The van der Waals surface area contributed by atoms with Crippen LogP contribution >= 0.6 is 0 Å². The van der Waals surface area contributed by atoms with Crippen LogP contribution in [0.15, 0.2) is 30.5 Å². The molecular formula is C15H19N3. The maximum Gasteiger partial charge on any atom is 0.0697 e. The Balaban J connectivity index is 2.13. The minimum Gasteiger partial charge on any atom is -0.361 e. The Morgan fingerprint density at radius 1 is 1.33 bits per heavy atom. The van der Waals surface area contributed by atoms with Gasteiger partial charge in [-0.05, 0) is 32.5 Å². The average molecular weight is 241 g/mol. The fourth-order valence-electron chi connectivity index (χ4n) is 2.32. The molecule has 0 amide bonds. The van der Waals surface area contributed by atoms with Crippen LogP contribution in [0.2, 0.25) is 0 Å². The van der Waals surface area contributed by atoms with Crippen LogP contribution in [0.25, 0.3) is 10.9 Å². The van der Waals surface area contributed by atoms with Crippen LogP contribution in [0.1, 0.15) is 19.4 Å². The number of aromatic nitrogens is 1. The van der Waals surface area contributed by atoms with Crippen LogP contribution in [0.4, 0.5) is 0 Å². The van der Waals surface area contributed by atoms with E-state index in [0.29, 0.717) is 0 Å². The topological polar surface area (TPSA) is 42.8 Å². The highest BCUT2D eigenvalue weighted by molar-refractivity contribution is 5.82. The van der Waals surface area contributed by atoms with E-state index < -0.39 is 0 Å². The van der Waals surface area contributed by atoms with Crippen molar-refractivity contribution in [3.63, 3.8) is 0 Å². The van der Waals surface area contributed by atoms with Gasteiger partial charge in [-0.3, -0.25) is 0 Å². The normalized spacial score (nSPS) is 11.9. The quantitative estimate of drug-likeness (QED) is 0.893. The van der Waals surface area contributed by atoms with E-state index >= 15 is 0 Å². The van der Waals surface area contributed by atoms with E-state index in [1.807, 2.05) is 19.9 Å². The largest absolute Gasteiger partial charge is 0.361 e. The average Bonchev–Trinajstić information content (AvgIpc) is 2.72. The molecule has 0 bridgehead atoms. The van der Waals surface area contributed by atoms with Gasteiger partial charge < -0.3 is 9.88 Å². The molecule has 3 nitrogen and oxygen atoms in total. The first-order valence-electron chi connectivity index (χ1n) is 6.17. The molecule has 1 heterocycles. The first kappa shape index (κ1) is 12.7. The molecule has 0 aliphatic heterocycles. The molecule has 1 aromatic carbocycles. The van der Waals surface area contributed by atoms with Crippen molar-refractivity contribution in [2.75, 3.05) is 13.6 Å². The van der Waals surface area contributed by atoms with E-state index in [1.54, 1.807) is 0 Å². The maximum absolute atomic E-state index is 9.06. The van der Waals surface area contributed by atoms with Crippen LogP contribution < -0.4 is 0 Å². The molecule has 0 unspecified atom stereocenters.